The third-order valence-electron chi connectivity index (χ3n) is 3.35. The maximum atomic E-state index is 10.6. The summed E-state index contributed by atoms with van der Waals surface area (Å²) in [4.78, 5) is 0. The van der Waals surface area contributed by atoms with E-state index < -0.39 is 0 Å². The molecule has 0 aromatic heterocycles. The predicted octanol–water partition coefficient (Wildman–Crippen LogP) is 6.03. The largest absolute Gasteiger partial charge is 0.507 e. The Labute approximate surface area is 133 Å². The first-order valence-corrected chi connectivity index (χ1v) is 7.24. The van der Waals surface area contributed by atoms with Crippen molar-refractivity contribution >= 4 is 23.2 Å². The van der Waals surface area contributed by atoms with Crippen LogP contribution in [0.4, 0.5) is 0 Å². The van der Waals surface area contributed by atoms with Crippen LogP contribution in [-0.4, -0.2) is 5.11 Å². The monoisotopic (exact) mass is 314 g/mol. The third kappa shape index (κ3) is 2.90. The highest BCUT2D eigenvalue weighted by Crippen LogP contribution is 2.38. The molecule has 0 bridgehead atoms. The number of hydrogen-bond acceptors (Lipinski definition) is 1. The first-order chi connectivity index (χ1) is 10.1. The number of para-hydroxylation sites is 1. The van der Waals surface area contributed by atoms with Gasteiger partial charge >= 0.3 is 0 Å². The van der Waals surface area contributed by atoms with Crippen molar-refractivity contribution in [3.05, 3.63) is 76.8 Å². The Kier molecular flexibility index (Phi) is 3.87. The molecule has 0 atom stereocenters. The van der Waals surface area contributed by atoms with E-state index in [1.165, 1.54) is 0 Å². The minimum Gasteiger partial charge on any atom is -0.507 e. The van der Waals surface area contributed by atoms with Gasteiger partial charge in [0.15, 0.2) is 0 Å². The molecule has 3 aromatic carbocycles. The number of hydrogen-bond donors (Lipinski definition) is 1. The minimum absolute atomic E-state index is 0.252. The van der Waals surface area contributed by atoms with Gasteiger partial charge in [-0.25, -0.2) is 0 Å². The number of benzene rings is 3. The summed E-state index contributed by atoms with van der Waals surface area (Å²) >= 11 is 11.8. The molecule has 0 saturated heterocycles. The number of phenolic OH excluding ortho intramolecular Hbond substituents is 1. The van der Waals surface area contributed by atoms with Crippen LogP contribution in [0.15, 0.2) is 66.7 Å². The zero-order valence-electron chi connectivity index (χ0n) is 11.1. The maximum absolute atomic E-state index is 10.6. The first kappa shape index (κ1) is 14.0. The normalized spacial score (nSPS) is 10.6. The van der Waals surface area contributed by atoms with Crippen molar-refractivity contribution in [2.75, 3.05) is 0 Å². The summed E-state index contributed by atoms with van der Waals surface area (Å²) in [5, 5.41) is 11.9. The van der Waals surface area contributed by atoms with Gasteiger partial charge in [-0.3, -0.25) is 0 Å². The summed E-state index contributed by atoms with van der Waals surface area (Å²) < 4.78 is 0. The van der Waals surface area contributed by atoms with E-state index in [-0.39, 0.29) is 5.75 Å². The molecule has 1 N–H and O–H groups in total. The SMILES string of the molecule is Oc1c(-c2ccc(Cl)cc2)cccc1-c1ccc(Cl)cc1. The molecule has 1 nitrogen and oxygen atoms in total. The molecule has 0 fully saturated rings. The molecule has 0 aliphatic rings. The molecule has 0 amide bonds. The van der Waals surface area contributed by atoms with Gasteiger partial charge in [-0.15, -0.1) is 0 Å². The highest BCUT2D eigenvalue weighted by molar-refractivity contribution is 6.31. The Morgan fingerprint density at radius 3 is 1.33 bits per heavy atom. The second kappa shape index (κ2) is 5.80. The predicted molar refractivity (Wildman–Crippen MR) is 89.0 cm³/mol. The van der Waals surface area contributed by atoms with E-state index in [9.17, 15) is 5.11 Å². The van der Waals surface area contributed by atoms with E-state index in [2.05, 4.69) is 0 Å². The molecule has 3 rings (SSSR count). The molecular weight excluding hydrogens is 303 g/mol. The maximum Gasteiger partial charge on any atom is 0.131 e. The molecule has 0 heterocycles. The Morgan fingerprint density at radius 1 is 0.571 bits per heavy atom. The van der Waals surface area contributed by atoms with Crippen LogP contribution in [0.25, 0.3) is 22.3 Å². The van der Waals surface area contributed by atoms with E-state index in [0.717, 1.165) is 22.3 Å². The Balaban J connectivity index is 2.10. The van der Waals surface area contributed by atoms with Gasteiger partial charge in [-0.2, -0.15) is 0 Å². The third-order valence-corrected chi connectivity index (χ3v) is 3.85. The molecule has 0 aliphatic carbocycles. The fourth-order valence-electron chi connectivity index (χ4n) is 2.27. The van der Waals surface area contributed by atoms with Crippen molar-refractivity contribution in [2.45, 2.75) is 0 Å². The molecule has 0 aliphatic heterocycles. The Hall–Kier alpha value is -1.96. The van der Waals surface area contributed by atoms with E-state index in [1.54, 1.807) is 0 Å². The second-order valence-corrected chi connectivity index (χ2v) is 5.59. The molecular formula is C18H12Cl2O. The Bertz CT molecular complexity index is 698. The van der Waals surface area contributed by atoms with E-state index >= 15 is 0 Å². The molecule has 0 radical (unpaired) electrons. The molecule has 21 heavy (non-hydrogen) atoms. The zero-order valence-corrected chi connectivity index (χ0v) is 12.6. The van der Waals surface area contributed by atoms with E-state index in [4.69, 9.17) is 23.2 Å². The standard InChI is InChI=1S/C18H12Cl2O/c19-14-8-4-12(5-9-14)16-2-1-3-17(18(16)21)13-6-10-15(20)11-7-13/h1-11,21H. The van der Waals surface area contributed by atoms with Crippen LogP contribution < -0.4 is 0 Å². The molecule has 3 aromatic rings. The second-order valence-electron chi connectivity index (χ2n) is 4.72. The van der Waals surface area contributed by atoms with Crippen molar-refractivity contribution in [3.8, 4) is 28.0 Å². The van der Waals surface area contributed by atoms with Crippen molar-refractivity contribution < 1.29 is 5.11 Å². The van der Waals surface area contributed by atoms with Crippen LogP contribution in [0.3, 0.4) is 0 Å². The summed E-state index contributed by atoms with van der Waals surface area (Å²) in [5.41, 5.74) is 3.40. The van der Waals surface area contributed by atoms with Gasteiger partial charge in [-0.1, -0.05) is 65.7 Å². The number of halogens is 2. The van der Waals surface area contributed by atoms with Gasteiger partial charge in [0.05, 0.1) is 0 Å². The van der Waals surface area contributed by atoms with Crippen LogP contribution in [0.1, 0.15) is 0 Å². The first-order valence-electron chi connectivity index (χ1n) is 6.49. The summed E-state index contributed by atoms with van der Waals surface area (Å²) in [6, 6.07) is 20.5. The zero-order chi connectivity index (χ0) is 14.8. The lowest BCUT2D eigenvalue weighted by atomic mass is 9.97. The van der Waals surface area contributed by atoms with Crippen LogP contribution in [0.5, 0.6) is 5.75 Å². The lowest BCUT2D eigenvalue weighted by molar-refractivity contribution is 0.479. The van der Waals surface area contributed by atoms with Crippen LogP contribution in [0.2, 0.25) is 10.0 Å². The summed E-state index contributed by atoms with van der Waals surface area (Å²) in [6.07, 6.45) is 0. The van der Waals surface area contributed by atoms with E-state index in [1.807, 2.05) is 66.7 Å². The number of phenols is 1. The fraction of sp³-hybridized carbons (Fsp3) is 0. The van der Waals surface area contributed by atoms with Crippen LogP contribution in [-0.2, 0) is 0 Å². The summed E-state index contributed by atoms with van der Waals surface area (Å²) in [5.74, 6) is 0.252. The van der Waals surface area contributed by atoms with Gasteiger partial charge in [0, 0.05) is 21.2 Å². The topological polar surface area (TPSA) is 20.2 Å². The summed E-state index contributed by atoms with van der Waals surface area (Å²) in [7, 11) is 0. The van der Waals surface area contributed by atoms with Gasteiger partial charge in [0.1, 0.15) is 5.75 Å². The van der Waals surface area contributed by atoms with Crippen LogP contribution in [0, 0.1) is 0 Å². The van der Waals surface area contributed by atoms with Crippen molar-refractivity contribution in [3.63, 3.8) is 0 Å². The molecule has 0 spiro atoms. The average Bonchev–Trinajstić information content (AvgIpc) is 2.50. The highest BCUT2D eigenvalue weighted by Gasteiger charge is 2.10. The van der Waals surface area contributed by atoms with Gasteiger partial charge in [0.2, 0.25) is 0 Å². The highest BCUT2D eigenvalue weighted by atomic mass is 35.5. The van der Waals surface area contributed by atoms with Crippen molar-refractivity contribution in [1.29, 1.82) is 0 Å². The quantitative estimate of drug-likeness (QED) is 0.612. The lowest BCUT2D eigenvalue weighted by Crippen LogP contribution is -1.84. The molecule has 3 heteroatoms. The minimum atomic E-state index is 0.252. The lowest BCUT2D eigenvalue weighted by Gasteiger charge is -2.10. The van der Waals surface area contributed by atoms with Crippen molar-refractivity contribution in [2.24, 2.45) is 0 Å². The fourth-order valence-corrected chi connectivity index (χ4v) is 2.52. The molecule has 104 valence electrons. The van der Waals surface area contributed by atoms with Gasteiger partial charge in [0.25, 0.3) is 0 Å². The van der Waals surface area contributed by atoms with E-state index in [0.29, 0.717) is 10.0 Å². The smallest absolute Gasteiger partial charge is 0.131 e. The van der Waals surface area contributed by atoms with Crippen LogP contribution >= 0.6 is 23.2 Å². The number of aromatic hydroxyl groups is 1. The molecule has 0 unspecified atom stereocenters. The number of rotatable bonds is 2. The molecule has 0 saturated carbocycles. The summed E-state index contributed by atoms with van der Waals surface area (Å²) in [6.45, 7) is 0. The van der Waals surface area contributed by atoms with Gasteiger partial charge in [-0.05, 0) is 35.4 Å². The van der Waals surface area contributed by atoms with Crippen molar-refractivity contribution in [1.82, 2.24) is 0 Å². The Morgan fingerprint density at radius 2 is 0.952 bits per heavy atom. The van der Waals surface area contributed by atoms with Gasteiger partial charge < -0.3 is 5.11 Å². The average molecular weight is 315 g/mol.